The number of hydrogen-bond acceptors (Lipinski definition) is 7. The minimum absolute atomic E-state index is 0.219. The number of rotatable bonds is 8. The molecule has 0 radical (unpaired) electrons. The molecule has 8 nitrogen and oxygen atoms in total. The molecule has 9 heteroatoms. The van der Waals surface area contributed by atoms with E-state index < -0.39 is 11.8 Å². The van der Waals surface area contributed by atoms with Gasteiger partial charge in [-0.2, -0.15) is 0 Å². The van der Waals surface area contributed by atoms with E-state index in [0.29, 0.717) is 64.2 Å². The van der Waals surface area contributed by atoms with Crippen LogP contribution in [-0.2, 0) is 0 Å². The number of thiophene rings is 1. The van der Waals surface area contributed by atoms with Gasteiger partial charge in [0.2, 0.25) is 0 Å². The lowest BCUT2D eigenvalue weighted by molar-refractivity contribution is 0.0578. The van der Waals surface area contributed by atoms with E-state index >= 15 is 0 Å². The zero-order chi connectivity index (χ0) is 29.8. The summed E-state index contributed by atoms with van der Waals surface area (Å²) in [7, 11) is 0. The standard InChI is InChI=1S/C34H30N2O6S/c1-3-5-6-19(4-2)17-35-31(37)22-11-13-24-28-25(14-12-23(27(22)28)32(35)38)34(40)36(33(24)39)21-9-7-20(8-10-21)30-29-26(18-43-30)41-15-16-42-29/h7-14,18-19H,3-6,15-17H2,1-2H3. The van der Waals surface area contributed by atoms with Gasteiger partial charge in [-0.25, -0.2) is 4.90 Å². The highest BCUT2D eigenvalue weighted by Gasteiger charge is 2.40. The number of imide groups is 2. The normalized spacial score (nSPS) is 16.3. The first-order chi connectivity index (χ1) is 20.9. The van der Waals surface area contributed by atoms with Crippen LogP contribution in [0.4, 0.5) is 5.69 Å². The number of hydrogen-bond donors (Lipinski definition) is 0. The van der Waals surface area contributed by atoms with Gasteiger partial charge in [-0.3, -0.25) is 24.1 Å². The van der Waals surface area contributed by atoms with Crippen LogP contribution in [-0.4, -0.2) is 48.3 Å². The van der Waals surface area contributed by atoms with E-state index in [1.165, 1.54) is 16.2 Å². The lowest BCUT2D eigenvalue weighted by Crippen LogP contribution is -2.44. The van der Waals surface area contributed by atoms with Gasteiger partial charge < -0.3 is 9.47 Å². The molecular weight excluding hydrogens is 564 g/mol. The van der Waals surface area contributed by atoms with E-state index in [1.54, 1.807) is 36.4 Å². The molecule has 0 saturated carbocycles. The van der Waals surface area contributed by atoms with Crippen LogP contribution >= 0.6 is 11.3 Å². The van der Waals surface area contributed by atoms with Crippen molar-refractivity contribution in [2.75, 3.05) is 24.7 Å². The predicted octanol–water partition coefficient (Wildman–Crippen LogP) is 6.95. The summed E-state index contributed by atoms with van der Waals surface area (Å²) in [6.07, 6.45) is 3.91. The molecule has 0 aliphatic carbocycles. The monoisotopic (exact) mass is 594 g/mol. The van der Waals surface area contributed by atoms with Crippen LogP contribution in [0.25, 0.3) is 21.2 Å². The maximum atomic E-state index is 13.9. The van der Waals surface area contributed by atoms with E-state index in [-0.39, 0.29) is 17.7 Å². The molecule has 218 valence electrons. The van der Waals surface area contributed by atoms with E-state index in [2.05, 4.69) is 13.8 Å². The Morgan fingerprint density at radius 3 is 1.93 bits per heavy atom. The Morgan fingerprint density at radius 1 is 0.767 bits per heavy atom. The number of carbonyl (C=O) groups excluding carboxylic acids is 4. The molecule has 43 heavy (non-hydrogen) atoms. The van der Waals surface area contributed by atoms with Crippen molar-refractivity contribution in [2.24, 2.45) is 5.92 Å². The highest BCUT2D eigenvalue weighted by atomic mass is 32.1. The Kier molecular flexibility index (Phi) is 6.77. The smallest absolute Gasteiger partial charge is 0.265 e. The van der Waals surface area contributed by atoms with Crippen molar-refractivity contribution in [3.63, 3.8) is 0 Å². The fraction of sp³-hybridized carbons (Fsp3) is 0.294. The molecular formula is C34H30N2O6S. The third-order valence-corrected chi connectivity index (χ3v) is 9.64. The zero-order valence-electron chi connectivity index (χ0n) is 24.0. The van der Waals surface area contributed by atoms with Gasteiger partial charge in [-0.15, -0.1) is 11.3 Å². The SMILES string of the molecule is CCCCC(CC)CN1C(=O)c2ccc3c4c(ccc(c24)C1=O)C(=O)N(c1ccc(-c2scc4c2OCCO4)cc1)C3=O. The van der Waals surface area contributed by atoms with E-state index in [0.717, 1.165) is 46.8 Å². The molecule has 1 unspecified atom stereocenters. The Morgan fingerprint density at radius 2 is 1.35 bits per heavy atom. The third kappa shape index (κ3) is 4.25. The molecule has 0 N–H and O–H groups in total. The first-order valence-electron chi connectivity index (χ1n) is 14.7. The first-order valence-corrected chi connectivity index (χ1v) is 15.6. The first kappa shape index (κ1) is 27.3. The Bertz CT molecular complexity index is 1750. The average Bonchev–Trinajstić information content (AvgIpc) is 3.47. The Balaban J connectivity index is 1.23. The van der Waals surface area contributed by atoms with Crippen LogP contribution in [0.2, 0.25) is 0 Å². The van der Waals surface area contributed by atoms with Crippen molar-refractivity contribution in [3.05, 3.63) is 76.2 Å². The second kappa shape index (κ2) is 10.6. The number of anilines is 1. The van der Waals surface area contributed by atoms with Crippen LogP contribution in [0.5, 0.6) is 11.5 Å². The number of ether oxygens (including phenoxy) is 2. The lowest BCUT2D eigenvalue weighted by Gasteiger charge is -2.33. The summed E-state index contributed by atoms with van der Waals surface area (Å²) >= 11 is 1.51. The summed E-state index contributed by atoms with van der Waals surface area (Å²) < 4.78 is 11.5. The van der Waals surface area contributed by atoms with Gasteiger partial charge in [0.25, 0.3) is 23.6 Å². The van der Waals surface area contributed by atoms with Crippen LogP contribution in [0, 0.1) is 5.92 Å². The summed E-state index contributed by atoms with van der Waals surface area (Å²) in [5, 5.41) is 2.68. The van der Waals surface area contributed by atoms with Crippen molar-refractivity contribution in [2.45, 2.75) is 39.5 Å². The molecule has 3 aliphatic heterocycles. The quantitative estimate of drug-likeness (QED) is 0.205. The predicted molar refractivity (Wildman–Crippen MR) is 165 cm³/mol. The van der Waals surface area contributed by atoms with Crippen molar-refractivity contribution in [3.8, 4) is 21.9 Å². The molecule has 1 aromatic heterocycles. The number of fused-ring (bicyclic) bond motifs is 1. The van der Waals surface area contributed by atoms with Gasteiger partial charge in [-0.05, 0) is 54.3 Å². The van der Waals surface area contributed by atoms with Crippen molar-refractivity contribution >= 4 is 51.4 Å². The van der Waals surface area contributed by atoms with Gasteiger partial charge >= 0.3 is 0 Å². The summed E-state index contributed by atoms with van der Waals surface area (Å²) in [5.74, 6) is -0.0964. The van der Waals surface area contributed by atoms with Crippen LogP contribution in [0.3, 0.4) is 0 Å². The van der Waals surface area contributed by atoms with Crippen LogP contribution in [0.15, 0.2) is 53.9 Å². The molecule has 4 amide bonds. The molecule has 0 fully saturated rings. The lowest BCUT2D eigenvalue weighted by atomic mass is 9.85. The fourth-order valence-electron chi connectivity index (χ4n) is 6.32. The highest BCUT2D eigenvalue weighted by molar-refractivity contribution is 7.14. The van der Waals surface area contributed by atoms with E-state index in [9.17, 15) is 19.2 Å². The second-order valence-electron chi connectivity index (χ2n) is 11.2. The maximum Gasteiger partial charge on any atom is 0.265 e. The largest absolute Gasteiger partial charge is 0.485 e. The van der Waals surface area contributed by atoms with Gasteiger partial charge in [0.05, 0.1) is 10.6 Å². The molecule has 0 saturated heterocycles. The second-order valence-corrected chi connectivity index (χ2v) is 12.0. The summed E-state index contributed by atoms with van der Waals surface area (Å²) in [6.45, 7) is 5.55. The van der Waals surface area contributed by atoms with Crippen LogP contribution in [0.1, 0.15) is 81.0 Å². The number of nitrogens with zero attached hydrogens (tertiary/aromatic N) is 2. The Hall–Kier alpha value is -4.50. The van der Waals surface area contributed by atoms with Gasteiger partial charge in [0.15, 0.2) is 11.5 Å². The molecule has 7 rings (SSSR count). The third-order valence-electron chi connectivity index (χ3n) is 8.65. The molecule has 3 aliphatic rings. The molecule has 3 aromatic carbocycles. The Labute approximate surface area is 252 Å². The number of amides is 4. The van der Waals surface area contributed by atoms with Crippen LogP contribution < -0.4 is 14.4 Å². The summed E-state index contributed by atoms with van der Waals surface area (Å²) in [4.78, 5) is 58.4. The molecule has 1 atom stereocenters. The van der Waals surface area contributed by atoms with Crippen molar-refractivity contribution in [1.82, 2.24) is 4.90 Å². The van der Waals surface area contributed by atoms with Crippen molar-refractivity contribution in [1.29, 1.82) is 0 Å². The minimum Gasteiger partial charge on any atom is -0.485 e. The summed E-state index contributed by atoms with van der Waals surface area (Å²) in [5.41, 5.74) is 2.60. The van der Waals surface area contributed by atoms with Gasteiger partial charge in [0.1, 0.15) is 13.2 Å². The summed E-state index contributed by atoms with van der Waals surface area (Å²) in [6, 6.07) is 13.6. The molecule has 0 bridgehead atoms. The number of benzene rings is 3. The molecule has 4 aromatic rings. The van der Waals surface area contributed by atoms with Gasteiger partial charge in [-0.1, -0.05) is 45.2 Å². The molecule has 0 spiro atoms. The van der Waals surface area contributed by atoms with E-state index in [1.807, 2.05) is 17.5 Å². The number of unbranched alkanes of at least 4 members (excludes halogenated alkanes) is 1. The maximum absolute atomic E-state index is 13.9. The van der Waals surface area contributed by atoms with Crippen molar-refractivity contribution < 1.29 is 28.7 Å². The van der Waals surface area contributed by atoms with Gasteiger partial charge in [0, 0.05) is 45.0 Å². The highest BCUT2D eigenvalue weighted by Crippen LogP contribution is 2.46. The minimum atomic E-state index is -0.493. The molecule has 4 heterocycles. The fourth-order valence-corrected chi connectivity index (χ4v) is 7.26. The number of carbonyl (C=O) groups is 4. The van der Waals surface area contributed by atoms with E-state index in [4.69, 9.17) is 9.47 Å². The zero-order valence-corrected chi connectivity index (χ0v) is 24.8. The average molecular weight is 595 g/mol. The topological polar surface area (TPSA) is 93.2 Å².